The van der Waals surface area contributed by atoms with Crippen molar-refractivity contribution in [2.45, 2.75) is 6.42 Å². The van der Waals surface area contributed by atoms with Gasteiger partial charge in [-0.1, -0.05) is 12.1 Å². The molecular formula is C18H18N8. The summed E-state index contributed by atoms with van der Waals surface area (Å²) in [6.07, 6.45) is 5.97. The highest BCUT2D eigenvalue weighted by Crippen LogP contribution is 2.13. The monoisotopic (exact) mass is 346 g/mol. The summed E-state index contributed by atoms with van der Waals surface area (Å²) < 4.78 is 0. The smallest absolute Gasteiger partial charge is 0.203 e. The number of nitrogens with one attached hydrogen (secondary N) is 3. The molecule has 0 amide bonds. The zero-order chi connectivity index (χ0) is 18.2. The maximum Gasteiger partial charge on any atom is 0.203 e. The van der Waals surface area contributed by atoms with Crippen LogP contribution in [0.1, 0.15) is 11.3 Å². The van der Waals surface area contributed by atoms with Gasteiger partial charge in [0, 0.05) is 32.2 Å². The van der Waals surface area contributed by atoms with E-state index < -0.39 is 0 Å². The van der Waals surface area contributed by atoms with Gasteiger partial charge in [0.25, 0.3) is 0 Å². The number of hydrogen-bond acceptors (Lipinski definition) is 5. The fourth-order valence-electron chi connectivity index (χ4n) is 2.35. The molecule has 3 rings (SSSR count). The lowest BCUT2D eigenvalue weighted by molar-refractivity contribution is 0.853. The van der Waals surface area contributed by atoms with Crippen molar-refractivity contribution in [1.29, 1.82) is 5.26 Å². The van der Waals surface area contributed by atoms with Crippen LogP contribution < -0.4 is 16.0 Å². The maximum absolute atomic E-state index is 9.57. The molecule has 130 valence electrons. The van der Waals surface area contributed by atoms with E-state index in [1.165, 1.54) is 0 Å². The van der Waals surface area contributed by atoms with Gasteiger partial charge in [-0.3, -0.25) is 25.3 Å². The predicted octanol–water partition coefficient (Wildman–Crippen LogP) is 1.04. The largest absolute Gasteiger partial charge is 0.311 e. The van der Waals surface area contributed by atoms with Gasteiger partial charge in [-0.05, 0) is 30.2 Å². The summed E-state index contributed by atoms with van der Waals surface area (Å²) in [6.45, 7) is 0.566. The van der Waals surface area contributed by atoms with Crippen LogP contribution in [0.25, 0.3) is 5.57 Å². The molecule has 8 nitrogen and oxygen atoms in total. The van der Waals surface area contributed by atoms with E-state index in [4.69, 9.17) is 0 Å². The molecule has 26 heavy (non-hydrogen) atoms. The molecule has 0 bridgehead atoms. The minimum absolute atomic E-state index is 0.383. The Bertz CT molecular complexity index is 878. The van der Waals surface area contributed by atoms with Gasteiger partial charge in [0.05, 0.1) is 5.69 Å². The number of guanidine groups is 2. The van der Waals surface area contributed by atoms with Crippen molar-refractivity contribution in [2.75, 3.05) is 13.6 Å². The molecule has 1 aliphatic heterocycles. The van der Waals surface area contributed by atoms with Crippen LogP contribution in [0.15, 0.2) is 64.7 Å². The number of hydrogen-bond donors (Lipinski definition) is 3. The summed E-state index contributed by atoms with van der Waals surface area (Å²) in [5.41, 5.74) is 2.06. The average molecular weight is 346 g/mol. The first-order valence-electron chi connectivity index (χ1n) is 8.07. The maximum atomic E-state index is 9.57. The topological polar surface area (TPSA) is 110 Å². The Morgan fingerprint density at radius 3 is 2.69 bits per heavy atom. The van der Waals surface area contributed by atoms with Crippen molar-refractivity contribution >= 4 is 17.5 Å². The number of pyridine rings is 2. The van der Waals surface area contributed by atoms with Gasteiger partial charge in [0.1, 0.15) is 17.5 Å². The lowest BCUT2D eigenvalue weighted by atomic mass is 10.2. The molecule has 1 aliphatic rings. The third-order valence-corrected chi connectivity index (χ3v) is 3.62. The van der Waals surface area contributed by atoms with Crippen LogP contribution >= 0.6 is 0 Å². The number of nitrogens with zero attached hydrogens (tertiary/aromatic N) is 5. The second-order valence-corrected chi connectivity index (χ2v) is 5.37. The molecule has 1 saturated heterocycles. The third-order valence-electron chi connectivity index (χ3n) is 3.62. The van der Waals surface area contributed by atoms with Gasteiger partial charge in [-0.15, -0.1) is 0 Å². The zero-order valence-electron chi connectivity index (χ0n) is 14.3. The molecule has 2 aromatic heterocycles. The number of rotatable bonds is 4. The van der Waals surface area contributed by atoms with Gasteiger partial charge in [0.15, 0.2) is 0 Å². The molecule has 2 aromatic rings. The molecule has 0 unspecified atom stereocenters. The van der Waals surface area contributed by atoms with Crippen molar-refractivity contribution in [3.8, 4) is 6.07 Å². The highest BCUT2D eigenvalue weighted by Gasteiger charge is 2.19. The van der Waals surface area contributed by atoms with Crippen LogP contribution in [0.5, 0.6) is 0 Å². The minimum atomic E-state index is 0.383. The molecular weight excluding hydrogens is 328 g/mol. The number of aliphatic imine (C=N–C) groups is 2. The Morgan fingerprint density at radius 1 is 1.12 bits per heavy atom. The summed E-state index contributed by atoms with van der Waals surface area (Å²) >= 11 is 0. The Hall–Kier alpha value is -3.73. The highest BCUT2D eigenvalue weighted by molar-refractivity contribution is 6.04. The summed E-state index contributed by atoms with van der Waals surface area (Å²) in [5.74, 6) is 1.51. The molecule has 0 aromatic carbocycles. The molecule has 0 aliphatic carbocycles. The molecule has 1 fully saturated rings. The van der Waals surface area contributed by atoms with E-state index in [2.05, 4.69) is 42.0 Å². The Labute approximate surface area is 151 Å². The first-order valence-corrected chi connectivity index (χ1v) is 8.07. The molecule has 3 heterocycles. The third kappa shape index (κ3) is 4.21. The summed E-state index contributed by atoms with van der Waals surface area (Å²) in [7, 11) is 1.65. The fraction of sp³-hybridized carbons (Fsp3) is 0.167. The lowest BCUT2D eigenvalue weighted by Gasteiger charge is -2.24. The number of nitriles is 1. The van der Waals surface area contributed by atoms with Crippen molar-refractivity contribution in [2.24, 2.45) is 9.98 Å². The van der Waals surface area contributed by atoms with Crippen molar-refractivity contribution in [3.63, 3.8) is 0 Å². The molecule has 0 spiro atoms. The van der Waals surface area contributed by atoms with Crippen molar-refractivity contribution < 1.29 is 0 Å². The first kappa shape index (κ1) is 17.1. The first-order chi connectivity index (χ1) is 12.8. The van der Waals surface area contributed by atoms with E-state index >= 15 is 0 Å². The van der Waals surface area contributed by atoms with Crippen LogP contribution in [0.4, 0.5) is 0 Å². The normalized spacial score (nSPS) is 18.5. The molecule has 0 saturated carbocycles. The quantitative estimate of drug-likeness (QED) is 0.714. The number of allylic oxidation sites excluding steroid dienone is 1. The van der Waals surface area contributed by atoms with Crippen LogP contribution in [0, 0.1) is 11.3 Å². The van der Waals surface area contributed by atoms with E-state index in [9.17, 15) is 5.26 Å². The Morgan fingerprint density at radius 2 is 2.00 bits per heavy atom. The van der Waals surface area contributed by atoms with Gasteiger partial charge < -0.3 is 10.6 Å². The van der Waals surface area contributed by atoms with Gasteiger partial charge in [0.2, 0.25) is 11.9 Å². The van der Waals surface area contributed by atoms with Gasteiger partial charge in [-0.2, -0.15) is 5.26 Å². The van der Waals surface area contributed by atoms with E-state index in [0.29, 0.717) is 35.6 Å². The Balaban J connectivity index is 1.81. The highest BCUT2D eigenvalue weighted by atomic mass is 15.4. The zero-order valence-corrected chi connectivity index (χ0v) is 14.3. The summed E-state index contributed by atoms with van der Waals surface area (Å²) in [4.78, 5) is 17.0. The molecule has 8 heteroatoms. The standard InChI is InChI=1S/C18H18N8/c1-20-17-24-16(14(11-19)15-6-2-3-9-22-15)25-18(26-17)23-10-7-13-5-4-8-21-12-13/h2-6,8-9,12H,7,10H2,1H3,(H3,20,23,24,25,26). The van der Waals surface area contributed by atoms with Crippen LogP contribution in [-0.2, 0) is 6.42 Å². The number of aromatic nitrogens is 2. The van der Waals surface area contributed by atoms with Gasteiger partial charge in [-0.25, -0.2) is 0 Å². The van der Waals surface area contributed by atoms with Crippen LogP contribution in [0.2, 0.25) is 0 Å². The van der Waals surface area contributed by atoms with Crippen LogP contribution in [-0.4, -0.2) is 35.5 Å². The second-order valence-electron chi connectivity index (χ2n) is 5.37. The lowest BCUT2D eigenvalue weighted by Crippen LogP contribution is -2.55. The van der Waals surface area contributed by atoms with E-state index in [1.807, 2.05) is 24.4 Å². The van der Waals surface area contributed by atoms with Crippen molar-refractivity contribution in [1.82, 2.24) is 25.9 Å². The molecule has 0 radical (unpaired) electrons. The minimum Gasteiger partial charge on any atom is -0.311 e. The molecule has 3 N–H and O–H groups in total. The van der Waals surface area contributed by atoms with Crippen molar-refractivity contribution in [3.05, 3.63) is 66.0 Å². The van der Waals surface area contributed by atoms with E-state index in [-0.39, 0.29) is 0 Å². The van der Waals surface area contributed by atoms with Crippen LogP contribution in [0.3, 0.4) is 0 Å². The average Bonchev–Trinajstić information content (AvgIpc) is 2.70. The summed E-state index contributed by atoms with van der Waals surface area (Å²) in [5, 5.41) is 18.8. The Kier molecular flexibility index (Phi) is 5.52. The van der Waals surface area contributed by atoms with E-state index in [1.54, 1.807) is 31.6 Å². The predicted molar refractivity (Wildman–Crippen MR) is 99.8 cm³/mol. The van der Waals surface area contributed by atoms with Gasteiger partial charge >= 0.3 is 0 Å². The SMILES string of the molecule is CN=C1NC(=NCCc2cccnc2)NC(=C(C#N)c2ccccn2)N1. The second kappa shape index (κ2) is 8.39. The van der Waals surface area contributed by atoms with E-state index in [0.717, 1.165) is 12.0 Å². The molecule has 0 atom stereocenters. The summed E-state index contributed by atoms with van der Waals surface area (Å²) in [6, 6.07) is 11.5. The fourth-order valence-corrected chi connectivity index (χ4v) is 2.35.